The molecule has 0 spiro atoms. The fourth-order valence-corrected chi connectivity index (χ4v) is 4.11. The van der Waals surface area contributed by atoms with E-state index in [1.165, 1.54) is 31.2 Å². The van der Waals surface area contributed by atoms with Gasteiger partial charge < -0.3 is 9.84 Å². The Kier molecular flexibility index (Phi) is 3.80. The highest BCUT2D eigenvalue weighted by atomic mass is 32.2. The van der Waals surface area contributed by atoms with Crippen LogP contribution in [-0.4, -0.2) is 22.7 Å². The van der Waals surface area contributed by atoms with Gasteiger partial charge in [0.05, 0.1) is 12.7 Å². The van der Waals surface area contributed by atoms with E-state index in [4.69, 9.17) is 4.74 Å². The number of ether oxygens (including phenoxy) is 1. The van der Waals surface area contributed by atoms with Gasteiger partial charge in [0.1, 0.15) is 5.75 Å². The van der Waals surface area contributed by atoms with Crippen molar-refractivity contribution >= 4 is 11.8 Å². The Morgan fingerprint density at radius 2 is 2.17 bits per heavy atom. The number of thioether (sulfide) groups is 1. The van der Waals surface area contributed by atoms with Crippen LogP contribution in [0.1, 0.15) is 42.9 Å². The third-order valence-corrected chi connectivity index (χ3v) is 5.34. The maximum atomic E-state index is 10.3. The molecule has 0 saturated heterocycles. The maximum Gasteiger partial charge on any atom is 0.122 e. The molecule has 1 atom stereocenters. The minimum atomic E-state index is -0.332. The standard InChI is InChI=1S/C15H20O2S/c16-14(10-18-13-3-1-2-4-13)11-5-6-15-12(9-11)7-8-17-15/h5-6,9,13-14,16H,1-4,7-8,10H2. The molecule has 0 amide bonds. The predicted molar refractivity (Wildman–Crippen MR) is 75.3 cm³/mol. The van der Waals surface area contributed by atoms with Crippen LogP contribution in [0.25, 0.3) is 0 Å². The van der Waals surface area contributed by atoms with Gasteiger partial charge in [-0.15, -0.1) is 0 Å². The summed E-state index contributed by atoms with van der Waals surface area (Å²) in [4.78, 5) is 0. The Hall–Kier alpha value is -0.670. The smallest absolute Gasteiger partial charge is 0.122 e. The topological polar surface area (TPSA) is 29.5 Å². The van der Waals surface area contributed by atoms with Crippen molar-refractivity contribution in [2.45, 2.75) is 43.5 Å². The molecule has 0 aromatic heterocycles. The number of benzene rings is 1. The first-order valence-electron chi connectivity index (χ1n) is 6.88. The third kappa shape index (κ3) is 2.67. The van der Waals surface area contributed by atoms with Gasteiger partial charge >= 0.3 is 0 Å². The fraction of sp³-hybridized carbons (Fsp3) is 0.600. The van der Waals surface area contributed by atoms with Crippen molar-refractivity contribution < 1.29 is 9.84 Å². The molecule has 1 aromatic rings. The summed E-state index contributed by atoms with van der Waals surface area (Å²) in [6, 6.07) is 6.12. The summed E-state index contributed by atoms with van der Waals surface area (Å²) < 4.78 is 5.49. The Labute approximate surface area is 113 Å². The van der Waals surface area contributed by atoms with Gasteiger partial charge in [0.15, 0.2) is 0 Å². The van der Waals surface area contributed by atoms with Crippen LogP contribution in [0.3, 0.4) is 0 Å². The molecule has 1 heterocycles. The van der Waals surface area contributed by atoms with Gasteiger partial charge in [-0.1, -0.05) is 18.9 Å². The summed E-state index contributed by atoms with van der Waals surface area (Å²) in [6.45, 7) is 0.783. The van der Waals surface area contributed by atoms with Crippen molar-refractivity contribution in [2.24, 2.45) is 0 Å². The molecule has 1 fully saturated rings. The molecule has 1 aliphatic carbocycles. The quantitative estimate of drug-likeness (QED) is 0.904. The highest BCUT2D eigenvalue weighted by Gasteiger charge is 2.19. The number of aliphatic hydroxyl groups is 1. The molecule has 18 heavy (non-hydrogen) atoms. The van der Waals surface area contributed by atoms with Gasteiger partial charge in [0, 0.05) is 17.4 Å². The summed E-state index contributed by atoms with van der Waals surface area (Å²) in [5.74, 6) is 1.82. The van der Waals surface area contributed by atoms with Crippen LogP contribution in [0.2, 0.25) is 0 Å². The average molecular weight is 264 g/mol. The molecule has 0 bridgehead atoms. The van der Waals surface area contributed by atoms with Crippen LogP contribution < -0.4 is 4.74 Å². The highest BCUT2D eigenvalue weighted by Crippen LogP contribution is 2.33. The van der Waals surface area contributed by atoms with Crippen LogP contribution >= 0.6 is 11.8 Å². The van der Waals surface area contributed by atoms with Crippen molar-refractivity contribution in [3.05, 3.63) is 29.3 Å². The van der Waals surface area contributed by atoms with Gasteiger partial charge in [-0.2, -0.15) is 11.8 Å². The van der Waals surface area contributed by atoms with Crippen molar-refractivity contribution in [3.8, 4) is 5.75 Å². The fourth-order valence-electron chi connectivity index (χ4n) is 2.79. The SMILES string of the molecule is OC(CSC1CCCC1)c1ccc2c(c1)CCO2. The number of hydrogen-bond donors (Lipinski definition) is 1. The number of aliphatic hydroxyl groups excluding tert-OH is 1. The van der Waals surface area contributed by atoms with E-state index in [0.717, 1.165) is 35.3 Å². The van der Waals surface area contributed by atoms with Crippen molar-refractivity contribution in [1.82, 2.24) is 0 Å². The second-order valence-corrected chi connectivity index (χ2v) is 6.55. The van der Waals surface area contributed by atoms with Gasteiger partial charge in [0.25, 0.3) is 0 Å². The number of hydrogen-bond acceptors (Lipinski definition) is 3. The van der Waals surface area contributed by atoms with Crippen molar-refractivity contribution in [2.75, 3.05) is 12.4 Å². The molecule has 1 saturated carbocycles. The van der Waals surface area contributed by atoms with E-state index in [0.29, 0.717) is 0 Å². The lowest BCUT2D eigenvalue weighted by atomic mass is 10.1. The van der Waals surface area contributed by atoms with E-state index >= 15 is 0 Å². The lowest BCUT2D eigenvalue weighted by molar-refractivity contribution is 0.204. The zero-order valence-electron chi connectivity index (χ0n) is 10.6. The zero-order chi connectivity index (χ0) is 12.4. The molecule has 0 radical (unpaired) electrons. The Morgan fingerprint density at radius 3 is 3.00 bits per heavy atom. The van der Waals surface area contributed by atoms with Gasteiger partial charge in [0.2, 0.25) is 0 Å². The summed E-state index contributed by atoms with van der Waals surface area (Å²) in [5.41, 5.74) is 2.29. The maximum absolute atomic E-state index is 10.3. The average Bonchev–Trinajstić information content (AvgIpc) is 3.05. The number of fused-ring (bicyclic) bond motifs is 1. The highest BCUT2D eigenvalue weighted by molar-refractivity contribution is 7.99. The summed E-state index contributed by atoms with van der Waals surface area (Å²) in [5, 5.41) is 11.0. The molecule has 1 N–H and O–H groups in total. The molecule has 1 aromatic carbocycles. The first-order chi connectivity index (χ1) is 8.83. The summed E-state index contributed by atoms with van der Waals surface area (Å²) in [7, 11) is 0. The first kappa shape index (κ1) is 12.4. The molecule has 1 aliphatic heterocycles. The summed E-state index contributed by atoms with van der Waals surface area (Å²) in [6.07, 6.45) is 6.03. The van der Waals surface area contributed by atoms with Crippen LogP contribution in [-0.2, 0) is 6.42 Å². The largest absolute Gasteiger partial charge is 0.493 e. The third-order valence-electron chi connectivity index (χ3n) is 3.89. The lowest BCUT2D eigenvalue weighted by Crippen LogP contribution is -2.05. The minimum absolute atomic E-state index is 0.332. The van der Waals surface area contributed by atoms with Gasteiger partial charge in [-0.25, -0.2) is 0 Å². The predicted octanol–water partition coefficient (Wildman–Crippen LogP) is 3.33. The summed E-state index contributed by atoms with van der Waals surface area (Å²) >= 11 is 1.94. The normalized spacial score (nSPS) is 20.7. The van der Waals surface area contributed by atoms with E-state index in [1.807, 2.05) is 23.9 Å². The minimum Gasteiger partial charge on any atom is -0.493 e. The molecule has 98 valence electrons. The van der Waals surface area contributed by atoms with Crippen molar-refractivity contribution in [3.63, 3.8) is 0 Å². The molecular formula is C15H20O2S. The Balaban J connectivity index is 1.59. The van der Waals surface area contributed by atoms with Crippen LogP contribution in [0.15, 0.2) is 18.2 Å². The molecule has 2 nitrogen and oxygen atoms in total. The number of rotatable bonds is 4. The van der Waals surface area contributed by atoms with Crippen LogP contribution in [0.4, 0.5) is 0 Å². The van der Waals surface area contributed by atoms with Crippen LogP contribution in [0, 0.1) is 0 Å². The molecular weight excluding hydrogens is 244 g/mol. The zero-order valence-corrected chi connectivity index (χ0v) is 11.4. The Bertz CT molecular complexity index is 413. The molecule has 2 aliphatic rings. The molecule has 1 unspecified atom stereocenters. The van der Waals surface area contributed by atoms with E-state index in [2.05, 4.69) is 6.07 Å². The van der Waals surface area contributed by atoms with Crippen LogP contribution in [0.5, 0.6) is 5.75 Å². The second-order valence-electron chi connectivity index (χ2n) is 5.22. The monoisotopic (exact) mass is 264 g/mol. The van der Waals surface area contributed by atoms with E-state index in [1.54, 1.807) is 0 Å². The van der Waals surface area contributed by atoms with E-state index in [-0.39, 0.29) is 6.10 Å². The molecule has 3 heteroatoms. The molecule has 3 rings (SSSR count). The van der Waals surface area contributed by atoms with Gasteiger partial charge in [-0.3, -0.25) is 0 Å². The first-order valence-corrected chi connectivity index (χ1v) is 7.93. The van der Waals surface area contributed by atoms with E-state index in [9.17, 15) is 5.11 Å². The van der Waals surface area contributed by atoms with Gasteiger partial charge in [-0.05, 0) is 36.1 Å². The second kappa shape index (κ2) is 5.54. The lowest BCUT2D eigenvalue weighted by Gasteiger charge is -2.14. The Morgan fingerprint density at radius 1 is 1.33 bits per heavy atom. The van der Waals surface area contributed by atoms with E-state index < -0.39 is 0 Å². The van der Waals surface area contributed by atoms with Crippen molar-refractivity contribution in [1.29, 1.82) is 0 Å².